The molecule has 2 aromatic rings. The number of ether oxygens (including phenoxy) is 1. The molecular weight excluding hydrogens is 389 g/mol. The maximum absolute atomic E-state index is 13.0. The molecule has 0 amide bonds. The maximum Gasteiger partial charge on any atom is 0.125 e. The molecule has 2 nitrogen and oxygen atoms in total. The molecule has 0 saturated heterocycles. The number of hydrogen-bond donors (Lipinski definition) is 1. The van der Waals surface area contributed by atoms with Crippen LogP contribution in [0.4, 0.5) is 4.39 Å². The summed E-state index contributed by atoms with van der Waals surface area (Å²) in [6, 6.07) is 10.2. The van der Waals surface area contributed by atoms with Crippen LogP contribution < -0.4 is 10.5 Å². The predicted molar refractivity (Wildman–Crippen MR) is 85.2 cm³/mol. The Hall–Kier alpha value is -0.910. The summed E-state index contributed by atoms with van der Waals surface area (Å²) in [7, 11) is 0. The smallest absolute Gasteiger partial charge is 0.125 e. The minimum absolute atomic E-state index is 0.116. The van der Waals surface area contributed by atoms with Gasteiger partial charge in [0.05, 0.1) is 0 Å². The molecule has 20 heavy (non-hydrogen) atoms. The maximum atomic E-state index is 13.0. The van der Waals surface area contributed by atoms with Crippen molar-refractivity contribution in [2.45, 2.75) is 19.6 Å². The quantitative estimate of drug-likeness (QED) is 0.785. The van der Waals surface area contributed by atoms with Crippen molar-refractivity contribution >= 4 is 31.9 Å². The van der Waals surface area contributed by atoms with Crippen LogP contribution in [0.5, 0.6) is 5.75 Å². The van der Waals surface area contributed by atoms with Crippen LogP contribution in [-0.2, 0) is 6.61 Å². The Balaban J connectivity index is 2.20. The highest BCUT2D eigenvalue weighted by atomic mass is 79.9. The first-order valence-corrected chi connectivity index (χ1v) is 7.67. The van der Waals surface area contributed by atoms with Crippen molar-refractivity contribution in [1.29, 1.82) is 0 Å². The molecule has 106 valence electrons. The summed E-state index contributed by atoms with van der Waals surface area (Å²) >= 11 is 6.74. The number of nitrogens with two attached hydrogens (primary N) is 1. The fourth-order valence-corrected chi connectivity index (χ4v) is 2.61. The molecule has 0 bridgehead atoms. The molecule has 0 spiro atoms. The second-order valence-corrected chi connectivity index (χ2v) is 6.27. The Morgan fingerprint density at radius 2 is 1.95 bits per heavy atom. The van der Waals surface area contributed by atoms with E-state index in [1.165, 1.54) is 12.1 Å². The van der Waals surface area contributed by atoms with Crippen LogP contribution in [0.15, 0.2) is 45.3 Å². The number of hydrogen-bond acceptors (Lipinski definition) is 2. The Kier molecular flexibility index (Phi) is 5.18. The molecule has 2 aromatic carbocycles. The molecule has 0 saturated carbocycles. The van der Waals surface area contributed by atoms with E-state index in [1.54, 1.807) is 6.07 Å². The van der Waals surface area contributed by atoms with Crippen molar-refractivity contribution in [2.75, 3.05) is 0 Å². The highest BCUT2D eigenvalue weighted by Crippen LogP contribution is 2.29. The van der Waals surface area contributed by atoms with Gasteiger partial charge in [-0.25, -0.2) is 4.39 Å². The molecule has 0 fully saturated rings. The fraction of sp³-hybridized carbons (Fsp3) is 0.200. The first-order chi connectivity index (χ1) is 9.47. The van der Waals surface area contributed by atoms with Gasteiger partial charge in [0.2, 0.25) is 0 Å². The monoisotopic (exact) mass is 401 g/mol. The van der Waals surface area contributed by atoms with Crippen LogP contribution in [-0.4, -0.2) is 0 Å². The summed E-state index contributed by atoms with van der Waals surface area (Å²) < 4.78 is 20.5. The van der Waals surface area contributed by atoms with Crippen LogP contribution in [0.1, 0.15) is 24.1 Å². The van der Waals surface area contributed by atoms with E-state index in [2.05, 4.69) is 31.9 Å². The van der Waals surface area contributed by atoms with Gasteiger partial charge in [-0.1, -0.05) is 44.0 Å². The van der Waals surface area contributed by atoms with Gasteiger partial charge in [0, 0.05) is 26.1 Å². The Labute approximate surface area is 134 Å². The topological polar surface area (TPSA) is 35.2 Å². The third kappa shape index (κ3) is 3.81. The number of rotatable bonds is 4. The SMILES string of the molecule is C[C@@H](N)c1ccc(Br)cc1OCc1ccc(F)cc1Br. The van der Waals surface area contributed by atoms with Gasteiger partial charge >= 0.3 is 0 Å². The predicted octanol–water partition coefficient (Wildman–Crippen LogP) is 4.95. The summed E-state index contributed by atoms with van der Waals surface area (Å²) in [6.07, 6.45) is 0. The molecular formula is C15H14Br2FNO. The normalized spacial score (nSPS) is 12.2. The van der Waals surface area contributed by atoms with Gasteiger partial charge < -0.3 is 10.5 Å². The molecule has 0 aliphatic rings. The van der Waals surface area contributed by atoms with Crippen LogP contribution in [0.3, 0.4) is 0 Å². The highest BCUT2D eigenvalue weighted by molar-refractivity contribution is 9.10. The minimum Gasteiger partial charge on any atom is -0.488 e. The van der Waals surface area contributed by atoms with Crippen molar-refractivity contribution in [1.82, 2.24) is 0 Å². The van der Waals surface area contributed by atoms with Crippen molar-refractivity contribution in [2.24, 2.45) is 5.73 Å². The average Bonchev–Trinajstić information content (AvgIpc) is 2.37. The molecule has 0 radical (unpaired) electrons. The van der Waals surface area contributed by atoms with E-state index in [0.717, 1.165) is 21.3 Å². The van der Waals surface area contributed by atoms with Gasteiger partial charge in [0.25, 0.3) is 0 Å². The van der Waals surface area contributed by atoms with Gasteiger partial charge in [-0.2, -0.15) is 0 Å². The van der Waals surface area contributed by atoms with E-state index in [9.17, 15) is 4.39 Å². The molecule has 2 rings (SSSR count). The summed E-state index contributed by atoms with van der Waals surface area (Å²) in [5, 5.41) is 0. The second kappa shape index (κ2) is 6.70. The summed E-state index contributed by atoms with van der Waals surface area (Å²) in [5.74, 6) is 0.449. The standard InChI is InChI=1S/C15H14Br2FNO/c1-9(19)13-5-3-11(16)6-15(13)20-8-10-2-4-12(18)7-14(10)17/h2-7,9H,8,19H2,1H3/t9-/m1/s1. The van der Waals surface area contributed by atoms with Gasteiger partial charge in [-0.15, -0.1) is 0 Å². The second-order valence-electron chi connectivity index (χ2n) is 4.50. The molecule has 0 unspecified atom stereocenters. The fourth-order valence-electron chi connectivity index (χ4n) is 1.80. The Morgan fingerprint density at radius 3 is 2.60 bits per heavy atom. The van der Waals surface area contributed by atoms with Gasteiger partial charge in [0.15, 0.2) is 0 Å². The average molecular weight is 403 g/mol. The molecule has 1 atom stereocenters. The lowest BCUT2D eigenvalue weighted by Gasteiger charge is -2.15. The number of benzene rings is 2. The molecule has 2 N–H and O–H groups in total. The zero-order valence-electron chi connectivity index (χ0n) is 10.9. The van der Waals surface area contributed by atoms with E-state index in [4.69, 9.17) is 10.5 Å². The molecule has 5 heteroatoms. The van der Waals surface area contributed by atoms with Crippen molar-refractivity contribution < 1.29 is 9.13 Å². The molecule has 0 aliphatic carbocycles. The van der Waals surface area contributed by atoms with Crippen molar-refractivity contribution in [3.05, 3.63) is 62.3 Å². The van der Waals surface area contributed by atoms with Gasteiger partial charge in [-0.05, 0) is 31.2 Å². The van der Waals surface area contributed by atoms with E-state index < -0.39 is 0 Å². The Bertz CT molecular complexity index is 617. The third-order valence-corrected chi connectivity index (χ3v) is 4.10. The Morgan fingerprint density at radius 1 is 1.20 bits per heavy atom. The number of halogens is 3. The van der Waals surface area contributed by atoms with E-state index >= 15 is 0 Å². The summed E-state index contributed by atoms with van der Waals surface area (Å²) in [5.41, 5.74) is 7.74. The third-order valence-electron chi connectivity index (χ3n) is 2.86. The van der Waals surface area contributed by atoms with Crippen LogP contribution >= 0.6 is 31.9 Å². The van der Waals surface area contributed by atoms with E-state index in [0.29, 0.717) is 11.1 Å². The van der Waals surface area contributed by atoms with Crippen molar-refractivity contribution in [3.8, 4) is 5.75 Å². The molecule has 0 heterocycles. The van der Waals surface area contributed by atoms with Gasteiger partial charge in [0.1, 0.15) is 18.2 Å². The minimum atomic E-state index is -0.278. The van der Waals surface area contributed by atoms with Gasteiger partial charge in [-0.3, -0.25) is 0 Å². The first-order valence-electron chi connectivity index (χ1n) is 6.09. The molecule has 0 aliphatic heterocycles. The van der Waals surface area contributed by atoms with E-state index in [-0.39, 0.29) is 11.9 Å². The highest BCUT2D eigenvalue weighted by Gasteiger charge is 2.10. The van der Waals surface area contributed by atoms with E-state index in [1.807, 2.05) is 25.1 Å². The van der Waals surface area contributed by atoms with Crippen molar-refractivity contribution in [3.63, 3.8) is 0 Å². The largest absolute Gasteiger partial charge is 0.488 e. The van der Waals surface area contributed by atoms with Crippen LogP contribution in [0.25, 0.3) is 0 Å². The van der Waals surface area contributed by atoms with Crippen LogP contribution in [0.2, 0.25) is 0 Å². The zero-order chi connectivity index (χ0) is 14.7. The summed E-state index contributed by atoms with van der Waals surface area (Å²) in [6.45, 7) is 2.25. The van der Waals surface area contributed by atoms with Crippen LogP contribution in [0, 0.1) is 5.82 Å². The molecule has 0 aromatic heterocycles. The lowest BCUT2D eigenvalue weighted by atomic mass is 10.1. The summed E-state index contributed by atoms with van der Waals surface area (Å²) in [4.78, 5) is 0. The first kappa shape index (κ1) is 15.5. The lowest BCUT2D eigenvalue weighted by Crippen LogP contribution is -2.08. The zero-order valence-corrected chi connectivity index (χ0v) is 14.0. The lowest BCUT2D eigenvalue weighted by molar-refractivity contribution is 0.300.